The van der Waals surface area contributed by atoms with Crippen LogP contribution in [0, 0.1) is 0 Å². The first-order chi connectivity index (χ1) is 12.3. The Morgan fingerprint density at radius 3 is 2.65 bits per heavy atom. The Labute approximate surface area is 157 Å². The smallest absolute Gasteiger partial charge is 0.277 e. The summed E-state index contributed by atoms with van der Waals surface area (Å²) in [7, 11) is 0. The molecule has 8 nitrogen and oxygen atoms in total. The van der Waals surface area contributed by atoms with E-state index in [2.05, 4.69) is 26.0 Å². The summed E-state index contributed by atoms with van der Waals surface area (Å²) in [5.74, 6) is -0.257. The molecule has 1 fully saturated rings. The van der Waals surface area contributed by atoms with Crippen LogP contribution in [0.15, 0.2) is 48.9 Å². The molecule has 0 unspecified atom stereocenters. The van der Waals surface area contributed by atoms with Gasteiger partial charge < -0.3 is 10.6 Å². The van der Waals surface area contributed by atoms with E-state index in [1.54, 1.807) is 21.8 Å². The largest absolute Gasteiger partial charge is 0.321 e. The van der Waals surface area contributed by atoms with E-state index in [0.717, 1.165) is 31.6 Å². The summed E-state index contributed by atoms with van der Waals surface area (Å²) in [6, 6.07) is 9.64. The molecule has 9 heteroatoms. The first kappa shape index (κ1) is 18.1. The van der Waals surface area contributed by atoms with Gasteiger partial charge in [-0.3, -0.25) is 4.79 Å². The number of aromatic nitrogens is 5. The number of amides is 1. The van der Waals surface area contributed by atoms with Crippen molar-refractivity contribution in [3.63, 3.8) is 0 Å². The molecule has 0 atom stereocenters. The third-order valence-corrected chi connectivity index (χ3v) is 4.32. The van der Waals surface area contributed by atoms with E-state index in [-0.39, 0.29) is 18.3 Å². The predicted octanol–water partition coefficient (Wildman–Crippen LogP) is 2.06. The molecule has 136 valence electrons. The van der Waals surface area contributed by atoms with Gasteiger partial charge in [0.1, 0.15) is 0 Å². The molecular formula is C17H20ClN7O. The first-order valence-electron chi connectivity index (χ1n) is 8.33. The Morgan fingerprint density at radius 2 is 1.96 bits per heavy atom. The Kier molecular flexibility index (Phi) is 5.65. The summed E-state index contributed by atoms with van der Waals surface area (Å²) in [6.07, 6.45) is 7.32. The number of rotatable bonds is 4. The standard InChI is InChI=1S/C17H19N7O.ClH/c25-17(16-12-24(22-21-16)15-6-9-18-10-7-15)20-13-2-4-14(5-3-13)23-11-1-8-19-23;/h1-5,8,11-12,15,18H,6-7,9-10H2,(H,20,25);1H. The molecule has 0 saturated carbocycles. The zero-order valence-electron chi connectivity index (χ0n) is 14.1. The highest BCUT2D eigenvalue weighted by Gasteiger charge is 2.18. The van der Waals surface area contributed by atoms with Crippen molar-refractivity contribution in [1.29, 1.82) is 0 Å². The van der Waals surface area contributed by atoms with Gasteiger partial charge in [0.05, 0.1) is 17.9 Å². The van der Waals surface area contributed by atoms with Crippen LogP contribution in [-0.2, 0) is 0 Å². The topological polar surface area (TPSA) is 89.7 Å². The van der Waals surface area contributed by atoms with E-state index in [0.29, 0.717) is 17.4 Å². The number of anilines is 1. The van der Waals surface area contributed by atoms with Gasteiger partial charge in [0, 0.05) is 18.1 Å². The molecule has 2 N–H and O–H groups in total. The van der Waals surface area contributed by atoms with Gasteiger partial charge in [-0.05, 0) is 56.3 Å². The molecule has 1 aromatic carbocycles. The number of carbonyl (C=O) groups excluding carboxylic acids is 1. The van der Waals surface area contributed by atoms with E-state index < -0.39 is 0 Å². The molecule has 1 aliphatic heterocycles. The van der Waals surface area contributed by atoms with E-state index in [1.807, 2.05) is 36.5 Å². The fourth-order valence-corrected chi connectivity index (χ4v) is 2.94. The van der Waals surface area contributed by atoms with Crippen LogP contribution in [0.4, 0.5) is 5.69 Å². The third-order valence-electron chi connectivity index (χ3n) is 4.32. The van der Waals surface area contributed by atoms with Crippen LogP contribution in [0.2, 0.25) is 0 Å². The van der Waals surface area contributed by atoms with Gasteiger partial charge in [0.25, 0.3) is 5.91 Å². The molecule has 3 aromatic rings. The summed E-state index contributed by atoms with van der Waals surface area (Å²) < 4.78 is 3.56. The lowest BCUT2D eigenvalue weighted by Crippen LogP contribution is -2.29. The van der Waals surface area contributed by atoms with Crippen LogP contribution in [0.25, 0.3) is 5.69 Å². The maximum Gasteiger partial charge on any atom is 0.277 e. The second-order valence-electron chi connectivity index (χ2n) is 6.02. The molecule has 3 heterocycles. The summed E-state index contributed by atoms with van der Waals surface area (Å²) in [5, 5.41) is 18.5. The number of nitrogens with one attached hydrogen (secondary N) is 2. The maximum absolute atomic E-state index is 12.4. The van der Waals surface area contributed by atoms with Gasteiger partial charge in [0.2, 0.25) is 0 Å². The van der Waals surface area contributed by atoms with Crippen LogP contribution < -0.4 is 10.6 Å². The fourth-order valence-electron chi connectivity index (χ4n) is 2.94. The van der Waals surface area contributed by atoms with Crippen molar-refractivity contribution in [3.8, 4) is 5.69 Å². The Balaban J connectivity index is 0.00000196. The second kappa shape index (κ2) is 8.11. The van der Waals surface area contributed by atoms with E-state index in [4.69, 9.17) is 0 Å². The molecule has 1 saturated heterocycles. The van der Waals surface area contributed by atoms with Crippen molar-refractivity contribution in [1.82, 2.24) is 30.1 Å². The molecule has 0 bridgehead atoms. The number of carbonyl (C=O) groups is 1. The lowest BCUT2D eigenvalue weighted by molar-refractivity contribution is 0.102. The molecule has 0 spiro atoms. The van der Waals surface area contributed by atoms with Crippen LogP contribution in [-0.4, -0.2) is 43.8 Å². The highest BCUT2D eigenvalue weighted by atomic mass is 35.5. The van der Waals surface area contributed by atoms with Crippen LogP contribution in [0.1, 0.15) is 29.4 Å². The molecular weight excluding hydrogens is 354 g/mol. The lowest BCUT2D eigenvalue weighted by Gasteiger charge is -2.22. The van der Waals surface area contributed by atoms with Crippen molar-refractivity contribution in [2.24, 2.45) is 0 Å². The maximum atomic E-state index is 12.4. The number of benzene rings is 1. The van der Waals surface area contributed by atoms with Crippen LogP contribution in [0.5, 0.6) is 0 Å². The number of nitrogens with zero attached hydrogens (tertiary/aromatic N) is 5. The van der Waals surface area contributed by atoms with Crippen molar-refractivity contribution in [2.75, 3.05) is 18.4 Å². The normalized spacial score (nSPS) is 14.6. The minimum absolute atomic E-state index is 0. The monoisotopic (exact) mass is 373 g/mol. The zero-order chi connectivity index (χ0) is 17.1. The molecule has 1 aliphatic rings. The van der Waals surface area contributed by atoms with Crippen molar-refractivity contribution < 1.29 is 4.79 Å². The summed E-state index contributed by atoms with van der Waals surface area (Å²) in [6.45, 7) is 1.93. The van der Waals surface area contributed by atoms with Gasteiger partial charge in [-0.15, -0.1) is 17.5 Å². The third kappa shape index (κ3) is 3.92. The Bertz CT molecular complexity index is 838. The minimum atomic E-state index is -0.257. The average Bonchev–Trinajstić information content (AvgIpc) is 3.35. The number of hydrogen-bond donors (Lipinski definition) is 2. The van der Waals surface area contributed by atoms with Gasteiger partial charge in [-0.25, -0.2) is 9.36 Å². The molecule has 0 aliphatic carbocycles. The summed E-state index contributed by atoms with van der Waals surface area (Å²) in [5.41, 5.74) is 1.96. The van der Waals surface area contributed by atoms with Gasteiger partial charge >= 0.3 is 0 Å². The molecule has 0 radical (unpaired) electrons. The van der Waals surface area contributed by atoms with Gasteiger partial charge in [0.15, 0.2) is 5.69 Å². The second-order valence-corrected chi connectivity index (χ2v) is 6.02. The highest BCUT2D eigenvalue weighted by molar-refractivity contribution is 6.02. The Morgan fingerprint density at radius 1 is 1.19 bits per heavy atom. The van der Waals surface area contributed by atoms with Crippen LogP contribution in [0.3, 0.4) is 0 Å². The number of piperidine rings is 1. The SMILES string of the molecule is Cl.O=C(Nc1ccc(-n2cccn2)cc1)c1cn(C2CCNCC2)nn1. The molecule has 26 heavy (non-hydrogen) atoms. The molecule has 4 rings (SSSR count). The highest BCUT2D eigenvalue weighted by Crippen LogP contribution is 2.18. The lowest BCUT2D eigenvalue weighted by atomic mass is 10.1. The molecule has 1 amide bonds. The zero-order valence-corrected chi connectivity index (χ0v) is 14.9. The summed E-state index contributed by atoms with van der Waals surface area (Å²) in [4.78, 5) is 12.4. The quantitative estimate of drug-likeness (QED) is 0.730. The Hall–Kier alpha value is -2.71. The molecule has 2 aromatic heterocycles. The van der Waals surface area contributed by atoms with Crippen molar-refractivity contribution in [2.45, 2.75) is 18.9 Å². The van der Waals surface area contributed by atoms with Gasteiger partial charge in [-0.2, -0.15) is 5.10 Å². The first-order valence-corrected chi connectivity index (χ1v) is 8.33. The van der Waals surface area contributed by atoms with Crippen molar-refractivity contribution in [3.05, 3.63) is 54.6 Å². The summed E-state index contributed by atoms with van der Waals surface area (Å²) >= 11 is 0. The van der Waals surface area contributed by atoms with Crippen molar-refractivity contribution >= 4 is 24.0 Å². The number of hydrogen-bond acceptors (Lipinski definition) is 5. The van der Waals surface area contributed by atoms with E-state index in [9.17, 15) is 4.79 Å². The average molecular weight is 374 g/mol. The van der Waals surface area contributed by atoms with E-state index >= 15 is 0 Å². The minimum Gasteiger partial charge on any atom is -0.321 e. The number of halogens is 1. The predicted molar refractivity (Wildman–Crippen MR) is 99.9 cm³/mol. The van der Waals surface area contributed by atoms with E-state index in [1.165, 1.54) is 0 Å². The van der Waals surface area contributed by atoms with Gasteiger partial charge in [-0.1, -0.05) is 5.21 Å². The fraction of sp³-hybridized carbons (Fsp3) is 0.294. The van der Waals surface area contributed by atoms with Crippen LogP contribution >= 0.6 is 12.4 Å².